The van der Waals surface area contributed by atoms with Crippen molar-refractivity contribution < 1.29 is 19.4 Å². The Morgan fingerprint density at radius 2 is 2.09 bits per heavy atom. The van der Waals surface area contributed by atoms with Gasteiger partial charge in [-0.2, -0.15) is 9.78 Å². The predicted octanol–water partition coefficient (Wildman–Crippen LogP) is 0.544. The predicted molar refractivity (Wildman–Crippen MR) is 116 cm³/mol. The first-order valence-corrected chi connectivity index (χ1v) is 10.6. The summed E-state index contributed by atoms with van der Waals surface area (Å²) in [7, 11) is 1.41. The van der Waals surface area contributed by atoms with Crippen LogP contribution >= 0.6 is 11.6 Å². The number of rotatable bonds is 9. The Kier molecular flexibility index (Phi) is 7.60. The van der Waals surface area contributed by atoms with Crippen LogP contribution in [0.2, 0.25) is 5.02 Å². The second kappa shape index (κ2) is 10.2. The number of halogens is 1. The first-order chi connectivity index (χ1) is 15.3. The Balaban J connectivity index is 1.89. The van der Waals surface area contributed by atoms with E-state index in [4.69, 9.17) is 16.3 Å². The van der Waals surface area contributed by atoms with Crippen molar-refractivity contribution in [3.8, 4) is 5.69 Å². The summed E-state index contributed by atoms with van der Waals surface area (Å²) in [5, 5.41) is 17.2. The highest BCUT2D eigenvalue weighted by molar-refractivity contribution is 6.33. The van der Waals surface area contributed by atoms with Gasteiger partial charge in [-0.3, -0.25) is 14.2 Å². The molecule has 2 N–H and O–H groups in total. The van der Waals surface area contributed by atoms with Crippen LogP contribution in [0.25, 0.3) is 5.69 Å². The standard InChI is InChI=1S/C21H25ClN4O6/c1-32-12-14(11-27)10-25-18(28)9-24-26(20(25)30)15-4-5-17(22)16(8-15)19(29)23-13-21(31)6-2-3-7-21/h4-5,8-9,11,14,31H,2-3,6-7,10,12-13H2,1H3,(H,23,29). The summed E-state index contributed by atoms with van der Waals surface area (Å²) in [6.45, 7) is -0.0194. The third kappa shape index (κ3) is 5.32. The van der Waals surface area contributed by atoms with Gasteiger partial charge in [-0.1, -0.05) is 24.4 Å². The molecule has 1 atom stereocenters. The molecular weight excluding hydrogens is 440 g/mol. The number of carbonyl (C=O) groups excluding carboxylic acids is 2. The molecule has 3 rings (SSSR count). The minimum Gasteiger partial charge on any atom is -0.388 e. The van der Waals surface area contributed by atoms with Crippen LogP contribution in [0.5, 0.6) is 0 Å². The maximum Gasteiger partial charge on any atom is 0.352 e. The molecule has 1 fully saturated rings. The van der Waals surface area contributed by atoms with Gasteiger partial charge in [0, 0.05) is 20.2 Å². The zero-order chi connectivity index (χ0) is 23.3. The van der Waals surface area contributed by atoms with Crippen LogP contribution in [-0.4, -0.2) is 57.5 Å². The third-order valence-corrected chi connectivity index (χ3v) is 5.83. The number of methoxy groups -OCH3 is 1. The molecule has 10 nitrogen and oxygen atoms in total. The van der Waals surface area contributed by atoms with Crippen molar-refractivity contribution in [1.82, 2.24) is 19.7 Å². The van der Waals surface area contributed by atoms with Crippen LogP contribution in [0.4, 0.5) is 0 Å². The van der Waals surface area contributed by atoms with E-state index in [1.165, 1.54) is 25.3 Å². The third-order valence-electron chi connectivity index (χ3n) is 5.50. The lowest BCUT2D eigenvalue weighted by Gasteiger charge is -2.22. The van der Waals surface area contributed by atoms with Crippen LogP contribution in [0.3, 0.4) is 0 Å². The van der Waals surface area contributed by atoms with Gasteiger partial charge in [0.05, 0.1) is 34.4 Å². The van der Waals surface area contributed by atoms with E-state index in [0.29, 0.717) is 19.1 Å². The zero-order valence-corrected chi connectivity index (χ0v) is 18.4. The number of amides is 1. The van der Waals surface area contributed by atoms with Gasteiger partial charge in [0.2, 0.25) is 0 Å². The van der Waals surface area contributed by atoms with E-state index in [1.54, 1.807) is 0 Å². The summed E-state index contributed by atoms with van der Waals surface area (Å²) < 4.78 is 6.77. The molecule has 2 aromatic rings. The van der Waals surface area contributed by atoms with Gasteiger partial charge in [-0.05, 0) is 31.0 Å². The summed E-state index contributed by atoms with van der Waals surface area (Å²) in [5.41, 5.74) is -2.04. The Bertz CT molecular complexity index is 1110. The van der Waals surface area contributed by atoms with Crippen LogP contribution in [0.15, 0.2) is 34.0 Å². The fourth-order valence-corrected chi connectivity index (χ4v) is 3.94. The van der Waals surface area contributed by atoms with Gasteiger partial charge >= 0.3 is 5.69 Å². The molecule has 0 radical (unpaired) electrons. The molecule has 1 aromatic heterocycles. The second-order valence-electron chi connectivity index (χ2n) is 7.92. The fourth-order valence-electron chi connectivity index (χ4n) is 3.73. The van der Waals surface area contributed by atoms with Gasteiger partial charge < -0.3 is 20.0 Å². The molecule has 1 saturated carbocycles. The molecule has 1 unspecified atom stereocenters. The molecule has 11 heteroatoms. The van der Waals surface area contributed by atoms with Crippen molar-refractivity contribution in [3.05, 3.63) is 55.8 Å². The maximum absolute atomic E-state index is 12.9. The van der Waals surface area contributed by atoms with Crippen LogP contribution < -0.4 is 16.6 Å². The van der Waals surface area contributed by atoms with Gasteiger partial charge in [-0.15, -0.1) is 0 Å². The van der Waals surface area contributed by atoms with Crippen LogP contribution in [0, 0.1) is 5.92 Å². The molecule has 1 aromatic carbocycles. The molecule has 1 heterocycles. The van der Waals surface area contributed by atoms with Crippen molar-refractivity contribution in [2.45, 2.75) is 37.8 Å². The van der Waals surface area contributed by atoms with Crippen molar-refractivity contribution in [1.29, 1.82) is 0 Å². The molecule has 1 aliphatic rings. The topological polar surface area (TPSA) is 133 Å². The van der Waals surface area contributed by atoms with Crippen molar-refractivity contribution in [2.24, 2.45) is 5.92 Å². The summed E-state index contributed by atoms with van der Waals surface area (Å²) in [4.78, 5) is 49.0. The van der Waals surface area contributed by atoms with E-state index in [1.807, 2.05) is 0 Å². The number of aromatic nitrogens is 3. The largest absolute Gasteiger partial charge is 0.388 e. The van der Waals surface area contributed by atoms with Crippen LogP contribution in [-0.2, 0) is 16.1 Å². The van der Waals surface area contributed by atoms with Gasteiger partial charge in [0.15, 0.2) is 0 Å². The van der Waals surface area contributed by atoms with E-state index in [-0.39, 0.29) is 36.0 Å². The lowest BCUT2D eigenvalue weighted by atomic mass is 10.0. The first kappa shape index (κ1) is 23.8. The first-order valence-electron chi connectivity index (χ1n) is 10.2. The number of carbonyl (C=O) groups is 2. The summed E-state index contributed by atoms with van der Waals surface area (Å²) >= 11 is 6.19. The number of benzene rings is 1. The Labute approximate surface area is 188 Å². The average Bonchev–Trinajstić information content (AvgIpc) is 3.21. The monoisotopic (exact) mass is 464 g/mol. The summed E-state index contributed by atoms with van der Waals surface area (Å²) in [6, 6.07) is 4.31. The molecular formula is C21H25ClN4O6. The Morgan fingerprint density at radius 1 is 1.38 bits per heavy atom. The fraction of sp³-hybridized carbons (Fsp3) is 0.476. The normalized spacial score (nSPS) is 16.0. The Hall–Kier alpha value is -2.82. The SMILES string of the molecule is COCC(C=O)Cn1c(=O)cnn(-c2ccc(Cl)c(C(=O)NCC3(O)CCCC3)c2)c1=O. The van der Waals surface area contributed by atoms with Gasteiger partial charge in [-0.25, -0.2) is 4.79 Å². The molecule has 0 spiro atoms. The molecule has 172 valence electrons. The van der Waals surface area contributed by atoms with E-state index < -0.39 is 28.7 Å². The molecule has 32 heavy (non-hydrogen) atoms. The van der Waals surface area contributed by atoms with Crippen LogP contribution in [0.1, 0.15) is 36.0 Å². The van der Waals surface area contributed by atoms with Crippen molar-refractivity contribution in [2.75, 3.05) is 20.3 Å². The number of hydrogen-bond acceptors (Lipinski definition) is 7. The second-order valence-corrected chi connectivity index (χ2v) is 8.32. The highest BCUT2D eigenvalue weighted by atomic mass is 35.5. The number of aliphatic hydroxyl groups is 1. The van der Waals surface area contributed by atoms with Gasteiger partial charge in [0.1, 0.15) is 12.5 Å². The molecule has 0 aliphatic heterocycles. The number of hydrogen-bond donors (Lipinski definition) is 2. The molecule has 0 saturated heterocycles. The minimum atomic E-state index is -0.926. The zero-order valence-electron chi connectivity index (χ0n) is 17.6. The number of aldehydes is 1. The summed E-state index contributed by atoms with van der Waals surface area (Å²) in [5.74, 6) is -1.19. The average molecular weight is 465 g/mol. The lowest BCUT2D eigenvalue weighted by Crippen LogP contribution is -2.42. The number of nitrogens with one attached hydrogen (secondary N) is 1. The van der Waals surface area contributed by atoms with E-state index >= 15 is 0 Å². The van der Waals surface area contributed by atoms with Crippen molar-refractivity contribution >= 4 is 23.8 Å². The molecule has 0 bridgehead atoms. The maximum atomic E-state index is 12.9. The van der Waals surface area contributed by atoms with E-state index in [0.717, 1.165) is 28.3 Å². The van der Waals surface area contributed by atoms with E-state index in [2.05, 4.69) is 10.4 Å². The molecule has 1 aliphatic carbocycles. The Morgan fingerprint density at radius 3 is 2.75 bits per heavy atom. The quantitative estimate of drug-likeness (QED) is 0.517. The minimum absolute atomic E-state index is 0.0509. The lowest BCUT2D eigenvalue weighted by molar-refractivity contribution is -0.113. The van der Waals surface area contributed by atoms with E-state index in [9.17, 15) is 24.3 Å². The number of ether oxygens (including phenoxy) is 1. The van der Waals surface area contributed by atoms with Crippen molar-refractivity contribution in [3.63, 3.8) is 0 Å². The smallest absolute Gasteiger partial charge is 0.352 e. The number of nitrogens with zero attached hydrogens (tertiary/aromatic N) is 3. The molecule has 1 amide bonds. The van der Waals surface area contributed by atoms with Gasteiger partial charge in [0.25, 0.3) is 11.5 Å². The highest BCUT2D eigenvalue weighted by Gasteiger charge is 2.31. The summed E-state index contributed by atoms with van der Waals surface area (Å²) in [6.07, 6.45) is 4.62. The highest BCUT2D eigenvalue weighted by Crippen LogP contribution is 2.29.